The van der Waals surface area contributed by atoms with E-state index in [-0.39, 0.29) is 5.91 Å². The second-order valence-corrected chi connectivity index (χ2v) is 5.05. The first-order chi connectivity index (χ1) is 10.6. The van der Waals surface area contributed by atoms with Crippen molar-refractivity contribution in [1.82, 2.24) is 4.90 Å². The highest BCUT2D eigenvalue weighted by Gasteiger charge is 2.52. The Morgan fingerprint density at radius 2 is 2.14 bits per heavy atom. The molecule has 2 unspecified atom stereocenters. The van der Waals surface area contributed by atoms with Crippen molar-refractivity contribution >= 4 is 5.91 Å². The minimum absolute atomic E-state index is 0.170. The smallest absolute Gasteiger partial charge is 0.266 e. The summed E-state index contributed by atoms with van der Waals surface area (Å²) in [7, 11) is 0. The molecule has 1 heterocycles. The van der Waals surface area contributed by atoms with E-state index >= 15 is 0 Å². The van der Waals surface area contributed by atoms with Gasteiger partial charge >= 0.3 is 0 Å². The van der Waals surface area contributed by atoms with Gasteiger partial charge in [-0.25, -0.2) is 0 Å². The first-order valence-corrected chi connectivity index (χ1v) is 7.01. The highest BCUT2D eigenvalue weighted by atomic mass is 16.5. The number of aliphatic hydroxyl groups excluding tert-OH is 1. The molecule has 1 aromatic rings. The predicted molar refractivity (Wildman–Crippen MR) is 84.4 cm³/mol. The fraction of sp³-hybridized carbons (Fsp3) is 0.278. The Kier molecular flexibility index (Phi) is 5.03. The molecule has 0 aliphatic carbocycles. The number of likely N-dealkylation sites (tertiary alicyclic amines) is 1. The van der Waals surface area contributed by atoms with Crippen LogP contribution in [-0.4, -0.2) is 40.7 Å². The monoisotopic (exact) mass is 297 g/mol. The van der Waals surface area contributed by atoms with E-state index in [1.807, 2.05) is 18.2 Å². The second-order valence-electron chi connectivity index (χ2n) is 5.05. The molecule has 0 radical (unpaired) electrons. The maximum atomic E-state index is 12.3. The minimum atomic E-state index is -0.873. The summed E-state index contributed by atoms with van der Waals surface area (Å²) in [5.41, 5.74) is 5.88. The number of hydrogen-bond donors (Lipinski definition) is 1. The Hall–Kier alpha value is -2.51. The molecule has 3 atom stereocenters. The number of carbonyl (C=O) groups excluding carboxylic acids is 1. The van der Waals surface area contributed by atoms with Crippen molar-refractivity contribution in [3.63, 3.8) is 0 Å². The number of para-hydroxylation sites is 1. The minimum Gasteiger partial charge on any atom is -0.478 e. The molecule has 1 fully saturated rings. The Bertz CT molecular complexity index is 640. The van der Waals surface area contributed by atoms with E-state index in [9.17, 15) is 9.90 Å². The van der Waals surface area contributed by atoms with Crippen molar-refractivity contribution in [2.45, 2.75) is 25.2 Å². The molecule has 4 heteroatoms. The Morgan fingerprint density at radius 1 is 1.45 bits per heavy atom. The van der Waals surface area contributed by atoms with Crippen molar-refractivity contribution < 1.29 is 14.6 Å². The number of benzene rings is 1. The third-order valence-electron chi connectivity index (χ3n) is 3.68. The number of aliphatic hydroxyl groups is 1. The summed E-state index contributed by atoms with van der Waals surface area (Å²) in [6.45, 7) is 9.09. The summed E-state index contributed by atoms with van der Waals surface area (Å²) in [6.07, 6.45) is 0.0459. The molecule has 1 N–H and O–H groups in total. The number of nitrogens with zero attached hydrogens (tertiary/aromatic N) is 1. The van der Waals surface area contributed by atoms with E-state index in [1.54, 1.807) is 25.1 Å². The van der Waals surface area contributed by atoms with Crippen LogP contribution in [0, 0.1) is 0 Å². The van der Waals surface area contributed by atoms with E-state index in [0.717, 1.165) is 0 Å². The van der Waals surface area contributed by atoms with Gasteiger partial charge in [-0.15, -0.1) is 11.5 Å². The SMILES string of the molecule is C=C=CCN1C(=O)C(Oc2ccccc2)C1[C@H](O)C(C)=C=C. The lowest BCUT2D eigenvalue weighted by Gasteiger charge is -2.48. The number of β-lactam (4-membered cyclic amide) rings is 1. The molecule has 1 saturated heterocycles. The Morgan fingerprint density at radius 3 is 2.73 bits per heavy atom. The molecular formula is C18H19NO3. The molecule has 0 saturated carbocycles. The van der Waals surface area contributed by atoms with Gasteiger partial charge in [-0.05, 0) is 30.7 Å². The van der Waals surface area contributed by atoms with E-state index in [0.29, 0.717) is 17.9 Å². The van der Waals surface area contributed by atoms with E-state index in [4.69, 9.17) is 4.74 Å². The zero-order valence-corrected chi connectivity index (χ0v) is 12.5. The van der Waals surface area contributed by atoms with E-state index < -0.39 is 18.2 Å². The van der Waals surface area contributed by atoms with Gasteiger partial charge in [0.1, 0.15) is 17.9 Å². The zero-order chi connectivity index (χ0) is 16.1. The Balaban J connectivity index is 2.21. The van der Waals surface area contributed by atoms with Crippen LogP contribution in [0.3, 0.4) is 0 Å². The summed E-state index contributed by atoms with van der Waals surface area (Å²) in [5.74, 6) is 0.425. The van der Waals surface area contributed by atoms with Crippen LogP contribution in [-0.2, 0) is 4.79 Å². The quantitative estimate of drug-likeness (QED) is 0.646. The van der Waals surface area contributed by atoms with Crippen molar-refractivity contribution in [1.29, 1.82) is 0 Å². The lowest BCUT2D eigenvalue weighted by atomic mass is 9.89. The van der Waals surface area contributed by atoms with Crippen LogP contribution < -0.4 is 4.74 Å². The van der Waals surface area contributed by atoms with Crippen LogP contribution in [0.1, 0.15) is 6.92 Å². The van der Waals surface area contributed by atoms with Gasteiger partial charge in [0.25, 0.3) is 5.91 Å². The molecule has 1 aliphatic rings. The molecule has 114 valence electrons. The molecule has 0 bridgehead atoms. The van der Waals surface area contributed by atoms with Crippen LogP contribution in [0.2, 0.25) is 0 Å². The predicted octanol–water partition coefficient (Wildman–Crippen LogP) is 2.08. The molecule has 1 aliphatic heterocycles. The summed E-state index contributed by atoms with van der Waals surface area (Å²) in [4.78, 5) is 13.8. The van der Waals surface area contributed by atoms with E-state index in [2.05, 4.69) is 24.6 Å². The van der Waals surface area contributed by atoms with Crippen LogP contribution >= 0.6 is 0 Å². The van der Waals surface area contributed by atoms with Crippen molar-refractivity contribution in [2.24, 2.45) is 0 Å². The van der Waals surface area contributed by atoms with Gasteiger partial charge in [-0.1, -0.05) is 31.4 Å². The van der Waals surface area contributed by atoms with Gasteiger partial charge in [0.05, 0.1) is 0 Å². The van der Waals surface area contributed by atoms with Crippen LogP contribution in [0.25, 0.3) is 0 Å². The molecule has 1 aromatic carbocycles. The largest absolute Gasteiger partial charge is 0.478 e. The van der Waals surface area contributed by atoms with Gasteiger partial charge in [-0.3, -0.25) is 4.79 Å². The highest BCUT2D eigenvalue weighted by molar-refractivity contribution is 5.89. The summed E-state index contributed by atoms with van der Waals surface area (Å²) >= 11 is 0. The van der Waals surface area contributed by atoms with Gasteiger partial charge in [0.2, 0.25) is 0 Å². The number of amides is 1. The lowest BCUT2D eigenvalue weighted by Crippen LogP contribution is -2.71. The second kappa shape index (κ2) is 6.97. The Labute approximate surface area is 130 Å². The zero-order valence-electron chi connectivity index (χ0n) is 12.5. The van der Waals surface area contributed by atoms with Gasteiger partial charge < -0.3 is 14.7 Å². The summed E-state index contributed by atoms with van der Waals surface area (Å²) in [6, 6.07) is 8.60. The molecule has 4 nitrogen and oxygen atoms in total. The number of carbonyl (C=O) groups is 1. The standard InChI is InChI=1S/C18H19NO3/c1-4-6-12-19-15(16(20)13(3)5-2)17(18(19)21)22-14-10-8-7-9-11-14/h6-11,15-17,20H,1-2,12H2,3H3/t15?,16-,17?/m1/s1. The van der Waals surface area contributed by atoms with Gasteiger partial charge in [-0.2, -0.15) is 0 Å². The fourth-order valence-electron chi connectivity index (χ4n) is 2.37. The summed E-state index contributed by atoms with van der Waals surface area (Å²) in [5, 5.41) is 10.4. The number of ether oxygens (including phenoxy) is 1. The van der Waals surface area contributed by atoms with Crippen LogP contribution in [0.15, 0.2) is 66.6 Å². The first kappa shape index (κ1) is 15.9. The van der Waals surface area contributed by atoms with Crippen molar-refractivity contribution in [2.75, 3.05) is 6.54 Å². The lowest BCUT2D eigenvalue weighted by molar-refractivity contribution is -0.169. The maximum absolute atomic E-state index is 12.3. The molecule has 1 amide bonds. The molecular weight excluding hydrogens is 278 g/mol. The fourth-order valence-corrected chi connectivity index (χ4v) is 2.37. The maximum Gasteiger partial charge on any atom is 0.266 e. The number of rotatable bonds is 6. The summed E-state index contributed by atoms with van der Waals surface area (Å²) < 4.78 is 5.74. The van der Waals surface area contributed by atoms with Crippen LogP contribution in [0.4, 0.5) is 0 Å². The normalized spacial score (nSPS) is 21.2. The average Bonchev–Trinajstić information content (AvgIpc) is 2.56. The van der Waals surface area contributed by atoms with Crippen LogP contribution in [0.5, 0.6) is 5.75 Å². The van der Waals surface area contributed by atoms with Crippen molar-refractivity contribution in [3.05, 3.63) is 66.6 Å². The third kappa shape index (κ3) is 3.05. The van der Waals surface area contributed by atoms with E-state index in [1.165, 1.54) is 4.90 Å². The number of hydrogen-bond acceptors (Lipinski definition) is 3. The van der Waals surface area contributed by atoms with Gasteiger partial charge in [0.15, 0.2) is 6.10 Å². The van der Waals surface area contributed by atoms with Gasteiger partial charge in [0, 0.05) is 6.54 Å². The molecule has 2 rings (SSSR count). The molecule has 22 heavy (non-hydrogen) atoms. The highest BCUT2D eigenvalue weighted by Crippen LogP contribution is 2.29. The third-order valence-corrected chi connectivity index (χ3v) is 3.68. The molecule has 0 spiro atoms. The first-order valence-electron chi connectivity index (χ1n) is 7.01. The topological polar surface area (TPSA) is 49.8 Å². The van der Waals surface area contributed by atoms with Crippen molar-refractivity contribution in [3.8, 4) is 5.75 Å². The molecule has 0 aromatic heterocycles. The average molecular weight is 297 g/mol.